The molecule has 0 spiro atoms. The first-order valence-corrected chi connectivity index (χ1v) is 6.07. The quantitative estimate of drug-likeness (QED) is 0.592. The molecule has 4 heteroatoms. The number of oxime groups is 1. The number of piperidine rings is 1. The Bertz CT molecular complexity index is 274. The molecule has 16 heavy (non-hydrogen) atoms. The fraction of sp³-hybridized carbons (Fsp3) is 0.833. The van der Waals surface area contributed by atoms with E-state index in [1.807, 2.05) is 4.90 Å². The van der Waals surface area contributed by atoms with E-state index in [0.717, 1.165) is 12.1 Å². The van der Waals surface area contributed by atoms with Crippen molar-refractivity contribution in [3.8, 4) is 0 Å². The molecule has 1 N–H and O–H groups in total. The number of amides is 1. The van der Waals surface area contributed by atoms with E-state index in [0.29, 0.717) is 31.8 Å². The lowest BCUT2D eigenvalue weighted by molar-refractivity contribution is -0.132. The fourth-order valence-electron chi connectivity index (χ4n) is 2.12. The van der Waals surface area contributed by atoms with Crippen molar-refractivity contribution >= 4 is 11.6 Å². The lowest BCUT2D eigenvalue weighted by Gasteiger charge is -2.33. The minimum atomic E-state index is 0.227. The van der Waals surface area contributed by atoms with Crippen LogP contribution in [0.3, 0.4) is 0 Å². The molecule has 1 aliphatic rings. The Kier molecular flexibility index (Phi) is 4.77. The van der Waals surface area contributed by atoms with Gasteiger partial charge >= 0.3 is 0 Å². The molecule has 4 nitrogen and oxygen atoms in total. The average molecular weight is 226 g/mol. The third-order valence-corrected chi connectivity index (χ3v) is 3.11. The van der Waals surface area contributed by atoms with E-state index in [1.54, 1.807) is 0 Å². The van der Waals surface area contributed by atoms with Crippen molar-refractivity contribution in [1.82, 2.24) is 4.90 Å². The number of rotatable bonds is 3. The van der Waals surface area contributed by atoms with Gasteiger partial charge in [-0.1, -0.05) is 25.9 Å². The summed E-state index contributed by atoms with van der Waals surface area (Å²) < 4.78 is 0. The van der Waals surface area contributed by atoms with Crippen molar-refractivity contribution in [1.29, 1.82) is 0 Å². The lowest BCUT2D eigenvalue weighted by Crippen LogP contribution is -2.44. The highest BCUT2D eigenvalue weighted by atomic mass is 16.4. The summed E-state index contributed by atoms with van der Waals surface area (Å²) >= 11 is 0. The number of nitrogens with zero attached hydrogens (tertiary/aromatic N) is 2. The van der Waals surface area contributed by atoms with Crippen LogP contribution in [0, 0.1) is 11.8 Å². The molecule has 0 aromatic heterocycles. The largest absolute Gasteiger partial charge is 0.411 e. The highest BCUT2D eigenvalue weighted by molar-refractivity contribution is 5.89. The van der Waals surface area contributed by atoms with Crippen molar-refractivity contribution < 1.29 is 10.0 Å². The summed E-state index contributed by atoms with van der Waals surface area (Å²) in [7, 11) is 0. The summed E-state index contributed by atoms with van der Waals surface area (Å²) in [6.07, 6.45) is 2.24. The van der Waals surface area contributed by atoms with Crippen LogP contribution in [0.15, 0.2) is 5.16 Å². The van der Waals surface area contributed by atoms with Crippen molar-refractivity contribution in [2.75, 3.05) is 13.1 Å². The molecule has 1 atom stereocenters. The van der Waals surface area contributed by atoms with E-state index in [4.69, 9.17) is 5.21 Å². The first-order valence-electron chi connectivity index (χ1n) is 6.07. The Hall–Kier alpha value is -1.06. The first kappa shape index (κ1) is 13.0. The zero-order valence-corrected chi connectivity index (χ0v) is 10.4. The molecule has 92 valence electrons. The van der Waals surface area contributed by atoms with Gasteiger partial charge in [0, 0.05) is 31.8 Å². The maximum atomic E-state index is 11.9. The van der Waals surface area contributed by atoms with Gasteiger partial charge in [-0.05, 0) is 12.3 Å². The molecule has 0 saturated carbocycles. The van der Waals surface area contributed by atoms with E-state index in [9.17, 15) is 4.79 Å². The van der Waals surface area contributed by atoms with Crippen LogP contribution in [0.25, 0.3) is 0 Å². The van der Waals surface area contributed by atoms with E-state index >= 15 is 0 Å². The van der Waals surface area contributed by atoms with Crippen LogP contribution in [0.1, 0.15) is 40.0 Å². The van der Waals surface area contributed by atoms with Crippen LogP contribution >= 0.6 is 0 Å². The Morgan fingerprint density at radius 2 is 2.31 bits per heavy atom. The van der Waals surface area contributed by atoms with Crippen LogP contribution in [-0.2, 0) is 4.79 Å². The Labute approximate surface area is 97.3 Å². The summed E-state index contributed by atoms with van der Waals surface area (Å²) in [5.41, 5.74) is 0.844. The van der Waals surface area contributed by atoms with Gasteiger partial charge in [0.25, 0.3) is 0 Å². The highest BCUT2D eigenvalue weighted by Crippen LogP contribution is 2.19. The SMILES string of the molecule is CCC1CN(C(=O)CC(C)C)CCC1=NO. The minimum absolute atomic E-state index is 0.227. The maximum absolute atomic E-state index is 11.9. The third-order valence-electron chi connectivity index (χ3n) is 3.11. The molecule has 1 saturated heterocycles. The molecule has 0 aliphatic carbocycles. The van der Waals surface area contributed by atoms with Crippen LogP contribution in [0.4, 0.5) is 0 Å². The normalized spacial score (nSPS) is 24.1. The molecule has 1 aliphatic heterocycles. The van der Waals surface area contributed by atoms with Crippen LogP contribution in [-0.4, -0.2) is 34.8 Å². The monoisotopic (exact) mass is 226 g/mol. The van der Waals surface area contributed by atoms with Gasteiger partial charge in [-0.15, -0.1) is 0 Å². The zero-order chi connectivity index (χ0) is 12.1. The van der Waals surface area contributed by atoms with Gasteiger partial charge in [0.1, 0.15) is 0 Å². The first-order chi connectivity index (χ1) is 7.58. The standard InChI is InChI=1S/C12H22N2O2/c1-4-10-8-14(6-5-11(10)13-16)12(15)7-9(2)3/h9-10,16H,4-8H2,1-3H3. The summed E-state index contributed by atoms with van der Waals surface area (Å²) in [4.78, 5) is 13.8. The Balaban J connectivity index is 2.57. The topological polar surface area (TPSA) is 52.9 Å². The second kappa shape index (κ2) is 5.87. The van der Waals surface area contributed by atoms with E-state index in [1.165, 1.54) is 0 Å². The van der Waals surface area contributed by atoms with E-state index in [-0.39, 0.29) is 11.8 Å². The number of hydrogen-bond donors (Lipinski definition) is 1. The van der Waals surface area contributed by atoms with E-state index < -0.39 is 0 Å². The fourth-order valence-corrected chi connectivity index (χ4v) is 2.12. The van der Waals surface area contributed by atoms with Gasteiger partial charge in [-0.2, -0.15) is 0 Å². The molecule has 0 bridgehead atoms. The minimum Gasteiger partial charge on any atom is -0.411 e. The maximum Gasteiger partial charge on any atom is 0.222 e. The smallest absolute Gasteiger partial charge is 0.222 e. The van der Waals surface area contributed by atoms with Crippen molar-refractivity contribution in [3.05, 3.63) is 0 Å². The highest BCUT2D eigenvalue weighted by Gasteiger charge is 2.27. The van der Waals surface area contributed by atoms with Crippen molar-refractivity contribution in [2.45, 2.75) is 40.0 Å². The second-order valence-electron chi connectivity index (χ2n) is 4.88. The average Bonchev–Trinajstić information content (AvgIpc) is 2.27. The van der Waals surface area contributed by atoms with Crippen LogP contribution < -0.4 is 0 Å². The van der Waals surface area contributed by atoms with Crippen LogP contribution in [0.5, 0.6) is 0 Å². The number of carbonyl (C=O) groups is 1. The zero-order valence-electron chi connectivity index (χ0n) is 10.4. The van der Waals surface area contributed by atoms with Gasteiger partial charge < -0.3 is 10.1 Å². The number of likely N-dealkylation sites (tertiary alicyclic amines) is 1. The van der Waals surface area contributed by atoms with Gasteiger partial charge in [0.05, 0.1) is 5.71 Å². The molecule has 0 aromatic carbocycles. The van der Waals surface area contributed by atoms with E-state index in [2.05, 4.69) is 25.9 Å². The predicted molar refractivity (Wildman–Crippen MR) is 63.7 cm³/mol. The molecule has 1 rings (SSSR count). The molecule has 0 aromatic rings. The lowest BCUT2D eigenvalue weighted by atomic mass is 9.92. The van der Waals surface area contributed by atoms with Gasteiger partial charge in [0.15, 0.2) is 0 Å². The summed E-state index contributed by atoms with van der Waals surface area (Å²) in [6, 6.07) is 0. The Morgan fingerprint density at radius 3 is 2.81 bits per heavy atom. The van der Waals surface area contributed by atoms with Crippen molar-refractivity contribution in [2.24, 2.45) is 17.0 Å². The molecule has 0 radical (unpaired) electrons. The molecule has 1 unspecified atom stereocenters. The third kappa shape index (κ3) is 3.22. The van der Waals surface area contributed by atoms with Crippen LogP contribution in [0.2, 0.25) is 0 Å². The summed E-state index contributed by atoms with van der Waals surface area (Å²) in [5, 5.41) is 12.2. The molecule has 1 amide bonds. The predicted octanol–water partition coefficient (Wildman–Crippen LogP) is 2.12. The summed E-state index contributed by atoms with van der Waals surface area (Å²) in [5.74, 6) is 0.862. The summed E-state index contributed by atoms with van der Waals surface area (Å²) in [6.45, 7) is 7.58. The number of hydrogen-bond acceptors (Lipinski definition) is 3. The van der Waals surface area contributed by atoms with Gasteiger partial charge in [-0.3, -0.25) is 4.79 Å². The molecular weight excluding hydrogens is 204 g/mol. The molecule has 1 heterocycles. The number of carbonyl (C=O) groups excluding carboxylic acids is 1. The van der Waals surface area contributed by atoms with Gasteiger partial charge in [-0.25, -0.2) is 0 Å². The molecule has 1 fully saturated rings. The Morgan fingerprint density at radius 1 is 1.62 bits per heavy atom. The molecular formula is C12H22N2O2. The second-order valence-corrected chi connectivity index (χ2v) is 4.88. The van der Waals surface area contributed by atoms with Crippen molar-refractivity contribution in [3.63, 3.8) is 0 Å². The van der Waals surface area contributed by atoms with Gasteiger partial charge in [0.2, 0.25) is 5.91 Å².